The Morgan fingerprint density at radius 2 is 1.53 bits per heavy atom. The van der Waals surface area contributed by atoms with Gasteiger partial charge in [0, 0.05) is 25.4 Å². The van der Waals surface area contributed by atoms with Crippen molar-refractivity contribution in [2.45, 2.75) is 54.3 Å². The highest BCUT2D eigenvalue weighted by Gasteiger charge is 2.36. The quantitative estimate of drug-likeness (QED) is 0.569. The number of amides is 1. The number of rotatable bonds is 7. The molecule has 0 spiro atoms. The third-order valence-electron chi connectivity index (χ3n) is 5.76. The Morgan fingerprint density at radius 3 is 2.06 bits per heavy atom. The molecule has 1 amide bonds. The van der Waals surface area contributed by atoms with Crippen LogP contribution in [0.15, 0.2) is 58.3 Å². The Balaban J connectivity index is 1.60. The van der Waals surface area contributed by atoms with Gasteiger partial charge in [0.1, 0.15) is 5.75 Å². The van der Waals surface area contributed by atoms with Crippen LogP contribution in [0.3, 0.4) is 0 Å². The maximum atomic E-state index is 13.0. The molecule has 0 saturated carbocycles. The lowest BCUT2D eigenvalue weighted by molar-refractivity contribution is -0.138. The normalized spacial score (nSPS) is 16.5. The van der Waals surface area contributed by atoms with Crippen LogP contribution in [0.4, 0.5) is 13.2 Å². The molecular weight excluding hydrogens is 521 g/mol. The zero-order chi connectivity index (χ0) is 26.9. The first kappa shape index (κ1) is 27.9. The summed E-state index contributed by atoms with van der Waals surface area (Å²) in [5, 5.41) is 2.79. The topological polar surface area (TPSA) is 110 Å². The number of sulfone groups is 1. The van der Waals surface area contributed by atoms with Gasteiger partial charge in [-0.2, -0.15) is 17.5 Å². The fourth-order valence-electron chi connectivity index (χ4n) is 3.68. The second-order valence-corrected chi connectivity index (χ2v) is 13.0. The molecule has 1 heterocycles. The highest BCUT2D eigenvalue weighted by atomic mass is 32.2. The lowest BCUT2D eigenvalue weighted by Crippen LogP contribution is -2.53. The summed E-state index contributed by atoms with van der Waals surface area (Å²) in [5.74, 6) is -0.648. The smallest absolute Gasteiger partial charge is 0.416 e. The number of carbonyl (C=O) groups excluding carboxylic acids is 1. The molecule has 1 aliphatic rings. The van der Waals surface area contributed by atoms with Crippen molar-refractivity contribution in [3.05, 3.63) is 54.1 Å². The minimum absolute atomic E-state index is 0.0119. The van der Waals surface area contributed by atoms with Crippen molar-refractivity contribution < 1.29 is 39.5 Å². The monoisotopic (exact) mass is 548 g/mol. The van der Waals surface area contributed by atoms with Crippen molar-refractivity contribution in [3.63, 3.8) is 0 Å². The highest BCUT2D eigenvalue weighted by Crippen LogP contribution is 2.32. The van der Waals surface area contributed by atoms with Crippen LogP contribution in [0, 0.1) is 0 Å². The van der Waals surface area contributed by atoms with E-state index in [4.69, 9.17) is 4.74 Å². The van der Waals surface area contributed by atoms with Gasteiger partial charge in [-0.15, -0.1) is 0 Å². The fraction of sp³-hybridized carbons (Fsp3) is 0.435. The third kappa shape index (κ3) is 6.56. The lowest BCUT2D eigenvalue weighted by atomic mass is 10.0. The van der Waals surface area contributed by atoms with Crippen molar-refractivity contribution in [3.8, 4) is 5.75 Å². The number of benzene rings is 2. The Morgan fingerprint density at radius 1 is 0.972 bits per heavy atom. The van der Waals surface area contributed by atoms with Crippen molar-refractivity contribution in [2.24, 2.45) is 0 Å². The van der Waals surface area contributed by atoms with E-state index in [9.17, 15) is 34.8 Å². The second kappa shape index (κ2) is 10.0. The van der Waals surface area contributed by atoms with Crippen molar-refractivity contribution in [1.82, 2.24) is 9.62 Å². The summed E-state index contributed by atoms with van der Waals surface area (Å²) in [5.41, 5.74) is -2.37. The van der Waals surface area contributed by atoms with E-state index >= 15 is 0 Å². The molecule has 13 heteroatoms. The van der Waals surface area contributed by atoms with Crippen molar-refractivity contribution in [1.29, 1.82) is 0 Å². The number of alkyl halides is 3. The maximum Gasteiger partial charge on any atom is 0.416 e. The van der Waals surface area contributed by atoms with Gasteiger partial charge >= 0.3 is 6.18 Å². The van der Waals surface area contributed by atoms with Crippen molar-refractivity contribution >= 4 is 25.8 Å². The van der Waals surface area contributed by atoms with Crippen molar-refractivity contribution in [2.75, 3.05) is 19.3 Å². The number of piperidine rings is 1. The van der Waals surface area contributed by atoms with Crippen LogP contribution < -0.4 is 10.1 Å². The molecule has 1 fully saturated rings. The number of sulfonamides is 1. The molecule has 1 saturated heterocycles. The SMILES string of the molecule is CC(C)(Oc1cccc(C(F)(F)F)c1)C(=O)NC1CCN(S(=O)(=O)c2ccc(S(C)(=O)=O)cc2)CC1. The molecule has 0 unspecified atom stereocenters. The van der Waals surface area contributed by atoms with Crippen LogP contribution in [0.5, 0.6) is 5.75 Å². The van der Waals surface area contributed by atoms with Gasteiger partial charge in [-0.05, 0) is 69.2 Å². The Hall–Kier alpha value is -2.64. The molecule has 0 atom stereocenters. The molecule has 0 aromatic heterocycles. The zero-order valence-electron chi connectivity index (χ0n) is 19.9. The minimum atomic E-state index is -4.55. The van der Waals surface area contributed by atoms with E-state index in [0.29, 0.717) is 12.8 Å². The van der Waals surface area contributed by atoms with Crippen LogP contribution in [0.2, 0.25) is 0 Å². The summed E-state index contributed by atoms with van der Waals surface area (Å²) in [4.78, 5) is 12.8. The number of hydrogen-bond donors (Lipinski definition) is 1. The summed E-state index contributed by atoms with van der Waals surface area (Å²) in [7, 11) is -7.31. The highest BCUT2D eigenvalue weighted by molar-refractivity contribution is 7.90. The van der Waals surface area contributed by atoms with Crippen LogP contribution in [0.1, 0.15) is 32.3 Å². The predicted molar refractivity (Wildman–Crippen MR) is 126 cm³/mol. The Labute approximate surface area is 208 Å². The molecule has 2 aromatic rings. The number of nitrogens with zero attached hydrogens (tertiary/aromatic N) is 1. The number of carbonyl (C=O) groups is 1. The molecule has 36 heavy (non-hydrogen) atoms. The predicted octanol–water partition coefficient (Wildman–Crippen LogP) is 3.24. The molecule has 1 aliphatic heterocycles. The lowest BCUT2D eigenvalue weighted by Gasteiger charge is -2.34. The number of ether oxygens (including phenoxy) is 1. The molecular formula is C23H27F3N2O6S2. The summed E-state index contributed by atoms with van der Waals surface area (Å²) in [6, 6.07) is 8.85. The summed E-state index contributed by atoms with van der Waals surface area (Å²) < 4.78 is 94.7. The first-order chi connectivity index (χ1) is 16.5. The molecule has 8 nitrogen and oxygen atoms in total. The maximum absolute atomic E-state index is 13.0. The van der Waals surface area contributed by atoms with E-state index in [1.54, 1.807) is 0 Å². The summed E-state index contributed by atoms with van der Waals surface area (Å²) in [6.45, 7) is 3.11. The van der Waals surface area contributed by atoms with E-state index < -0.39 is 43.1 Å². The van der Waals surface area contributed by atoms with E-state index in [1.165, 1.54) is 54.6 Å². The van der Waals surface area contributed by atoms with E-state index in [0.717, 1.165) is 18.4 Å². The van der Waals surface area contributed by atoms with Gasteiger partial charge < -0.3 is 10.1 Å². The average molecular weight is 549 g/mol. The number of hydrogen-bond acceptors (Lipinski definition) is 6. The first-order valence-electron chi connectivity index (χ1n) is 11.0. The fourth-order valence-corrected chi connectivity index (χ4v) is 5.78. The van der Waals surface area contributed by atoms with Gasteiger partial charge in [0.25, 0.3) is 5.91 Å². The van der Waals surface area contributed by atoms with E-state index in [-0.39, 0.29) is 34.7 Å². The van der Waals surface area contributed by atoms with Gasteiger partial charge in [-0.1, -0.05) is 6.07 Å². The van der Waals surface area contributed by atoms with Crippen LogP contribution in [-0.4, -0.2) is 58.0 Å². The Kier molecular flexibility index (Phi) is 7.78. The van der Waals surface area contributed by atoms with Crippen LogP contribution in [-0.2, 0) is 30.8 Å². The standard InChI is InChI=1S/C23H27F3N2O6S2/c1-22(2,34-18-6-4-5-16(15-18)23(24,25)26)21(29)27-17-11-13-28(14-12-17)36(32,33)20-9-7-19(8-10-20)35(3,30)31/h4-10,15,17H,11-14H2,1-3H3,(H,27,29). The van der Waals surface area contributed by atoms with Gasteiger partial charge in [-0.3, -0.25) is 4.79 Å². The molecule has 0 bridgehead atoms. The summed E-state index contributed by atoms with van der Waals surface area (Å²) >= 11 is 0. The molecule has 0 aliphatic carbocycles. The van der Waals surface area contributed by atoms with E-state index in [2.05, 4.69) is 5.32 Å². The summed E-state index contributed by atoms with van der Waals surface area (Å²) in [6.07, 6.45) is -2.89. The van der Waals surface area contributed by atoms with Gasteiger partial charge in [0.15, 0.2) is 15.4 Å². The van der Waals surface area contributed by atoms with E-state index in [1.807, 2.05) is 0 Å². The minimum Gasteiger partial charge on any atom is -0.478 e. The largest absolute Gasteiger partial charge is 0.478 e. The van der Waals surface area contributed by atoms with Gasteiger partial charge in [0.05, 0.1) is 15.4 Å². The third-order valence-corrected chi connectivity index (χ3v) is 8.80. The molecule has 3 rings (SSSR count). The average Bonchev–Trinajstić information content (AvgIpc) is 2.78. The number of halogens is 3. The molecule has 2 aromatic carbocycles. The van der Waals surface area contributed by atoms with Gasteiger partial charge in [0.2, 0.25) is 10.0 Å². The zero-order valence-corrected chi connectivity index (χ0v) is 21.5. The number of nitrogens with one attached hydrogen (secondary N) is 1. The van der Waals surface area contributed by atoms with Crippen LogP contribution >= 0.6 is 0 Å². The van der Waals surface area contributed by atoms with Gasteiger partial charge in [-0.25, -0.2) is 16.8 Å². The Bertz CT molecular complexity index is 1320. The van der Waals surface area contributed by atoms with Crippen LogP contribution in [0.25, 0.3) is 0 Å². The molecule has 1 N–H and O–H groups in total. The second-order valence-electron chi connectivity index (χ2n) is 9.03. The molecule has 198 valence electrons. The first-order valence-corrected chi connectivity index (χ1v) is 14.3. The molecule has 0 radical (unpaired) electrons.